The van der Waals surface area contributed by atoms with Gasteiger partial charge in [-0.1, -0.05) is 92.9 Å². The lowest BCUT2D eigenvalue weighted by Crippen LogP contribution is -2.22. The van der Waals surface area contributed by atoms with Crippen molar-refractivity contribution in [3.05, 3.63) is 112 Å². The van der Waals surface area contributed by atoms with Gasteiger partial charge in [0.05, 0.1) is 0 Å². The summed E-state index contributed by atoms with van der Waals surface area (Å²) in [4.78, 5) is 19.7. The van der Waals surface area contributed by atoms with E-state index in [1.54, 1.807) is 0 Å². The number of hydrogen-bond donors (Lipinski definition) is 2. The number of unbranched alkanes of at least 4 members (excludes halogenated alkanes) is 4. The molecule has 0 fully saturated rings. The van der Waals surface area contributed by atoms with Crippen LogP contribution in [0.25, 0.3) is 5.57 Å². The topological polar surface area (TPSA) is 74.9 Å². The van der Waals surface area contributed by atoms with Crippen LogP contribution >= 0.6 is 23.5 Å². The molecule has 4 aromatic rings. The summed E-state index contributed by atoms with van der Waals surface area (Å²) >= 11 is 3.90. The Kier molecular flexibility index (Phi) is 11.4. The molecule has 5 rings (SSSR count). The lowest BCUT2D eigenvalue weighted by atomic mass is 9.91. The molecule has 0 saturated heterocycles. The summed E-state index contributed by atoms with van der Waals surface area (Å²) in [6, 6.07) is 30.8. The third-order valence-electron chi connectivity index (χ3n) is 7.55. The Labute approximate surface area is 268 Å². The maximum atomic E-state index is 12.2. The van der Waals surface area contributed by atoms with E-state index in [9.17, 15) is 15.0 Å². The Morgan fingerprint density at radius 2 is 1.27 bits per heavy atom. The van der Waals surface area contributed by atoms with E-state index >= 15 is 0 Å². The van der Waals surface area contributed by atoms with Gasteiger partial charge in [-0.25, -0.2) is 4.79 Å². The second kappa shape index (κ2) is 15.8. The number of para-hydroxylation sites is 2. The molecule has 230 valence electrons. The molecular weight excluding hydrogens is 589 g/mol. The minimum absolute atomic E-state index is 0.222. The van der Waals surface area contributed by atoms with Crippen LogP contribution in [0.15, 0.2) is 95.2 Å². The zero-order valence-corrected chi connectivity index (χ0v) is 26.8. The summed E-state index contributed by atoms with van der Waals surface area (Å²) in [6.07, 6.45) is 6.37. The second-order valence-corrected chi connectivity index (χ2v) is 13.3. The second-order valence-electron chi connectivity index (χ2n) is 10.8. The summed E-state index contributed by atoms with van der Waals surface area (Å²) in [5.74, 6) is 0.940. The van der Waals surface area contributed by atoms with E-state index in [2.05, 4.69) is 90.7 Å². The Balaban J connectivity index is 1.32. The average molecular weight is 629 g/mol. The third kappa shape index (κ3) is 7.85. The molecule has 3 aromatic carbocycles. The highest BCUT2D eigenvalue weighted by Gasteiger charge is 2.28. The minimum atomic E-state index is -0.482. The van der Waals surface area contributed by atoms with E-state index in [4.69, 9.17) is 4.84 Å². The number of fused-ring (bicyclic) bond motifs is 2. The fraction of sp³-hybridized carbons (Fsp3) is 0.306. The van der Waals surface area contributed by atoms with Gasteiger partial charge in [-0.2, -0.15) is 0 Å². The van der Waals surface area contributed by atoms with Gasteiger partial charge in [0.25, 0.3) is 0 Å². The molecule has 0 spiro atoms. The van der Waals surface area contributed by atoms with Crippen molar-refractivity contribution in [3.63, 3.8) is 0 Å². The SMILES string of the molecule is CCCCCSC(SCCCCCC(=O)On1c(O)ccc1O)=C1c2ccccc2N(Cc2ccccc2)c2ccccc21. The number of aromatic nitrogens is 1. The number of hydrogen-bond acceptors (Lipinski definition) is 7. The van der Waals surface area contributed by atoms with Crippen LogP contribution in [0.4, 0.5) is 11.4 Å². The molecule has 0 amide bonds. The Morgan fingerprint density at radius 1 is 0.705 bits per heavy atom. The largest absolute Gasteiger partial charge is 0.492 e. The summed E-state index contributed by atoms with van der Waals surface area (Å²) in [7, 11) is 0. The van der Waals surface area contributed by atoms with Gasteiger partial charge in [-0.15, -0.1) is 28.3 Å². The molecule has 0 unspecified atom stereocenters. The van der Waals surface area contributed by atoms with Gasteiger partial charge in [-0.05, 0) is 48.5 Å². The summed E-state index contributed by atoms with van der Waals surface area (Å²) < 4.78 is 2.10. The van der Waals surface area contributed by atoms with Crippen LogP contribution in [0.3, 0.4) is 0 Å². The van der Waals surface area contributed by atoms with Gasteiger partial charge in [0.2, 0.25) is 11.8 Å². The highest BCUT2D eigenvalue weighted by molar-refractivity contribution is 8.22. The van der Waals surface area contributed by atoms with Crippen molar-refractivity contribution in [1.82, 2.24) is 4.73 Å². The van der Waals surface area contributed by atoms with Crippen LogP contribution < -0.4 is 9.74 Å². The van der Waals surface area contributed by atoms with Crippen molar-refractivity contribution in [3.8, 4) is 11.8 Å². The summed E-state index contributed by atoms with van der Waals surface area (Å²) in [6.45, 7) is 3.05. The van der Waals surface area contributed by atoms with Gasteiger partial charge in [0.15, 0.2) is 0 Å². The smallest absolute Gasteiger partial charge is 0.333 e. The standard InChI is InChI=1S/C36H40N2O4S2/c1-2-3-13-24-43-36(44-25-14-5-8-21-34(41)42-38-32(39)22-23-33(38)40)35-28-17-9-11-19-30(28)37(26-27-15-6-4-7-16-27)31-20-12-10-18-29(31)35/h4,6-7,9-12,15-20,22-23,39-40H,2-3,5,8,13-14,21,24-26H2,1H3. The van der Waals surface area contributed by atoms with Crippen molar-refractivity contribution in [2.45, 2.75) is 58.4 Å². The van der Waals surface area contributed by atoms with Gasteiger partial charge in [-0.3, -0.25) is 0 Å². The summed E-state index contributed by atoms with van der Waals surface area (Å²) in [5, 5.41) is 19.4. The van der Waals surface area contributed by atoms with Crippen molar-refractivity contribution in [2.75, 3.05) is 16.4 Å². The zero-order chi connectivity index (χ0) is 30.7. The lowest BCUT2D eigenvalue weighted by molar-refractivity contribution is -0.145. The molecule has 1 aromatic heterocycles. The summed E-state index contributed by atoms with van der Waals surface area (Å²) in [5.41, 5.74) is 7.60. The van der Waals surface area contributed by atoms with E-state index < -0.39 is 5.97 Å². The van der Waals surface area contributed by atoms with E-state index in [-0.39, 0.29) is 18.2 Å². The molecule has 0 saturated carbocycles. The van der Waals surface area contributed by atoms with E-state index in [0.717, 1.165) is 35.6 Å². The van der Waals surface area contributed by atoms with Crippen LogP contribution in [-0.4, -0.2) is 32.4 Å². The first-order chi connectivity index (χ1) is 21.6. The number of rotatable bonds is 15. The van der Waals surface area contributed by atoms with E-state index in [1.807, 2.05) is 23.5 Å². The van der Waals surface area contributed by atoms with Gasteiger partial charge < -0.3 is 20.0 Å². The average Bonchev–Trinajstić information content (AvgIpc) is 3.36. The highest BCUT2D eigenvalue weighted by Crippen LogP contribution is 2.50. The molecule has 0 aliphatic carbocycles. The van der Waals surface area contributed by atoms with Crippen molar-refractivity contribution < 1.29 is 19.8 Å². The predicted octanol–water partition coefficient (Wildman–Crippen LogP) is 9.14. The number of anilines is 2. The Morgan fingerprint density at radius 3 is 1.89 bits per heavy atom. The predicted molar refractivity (Wildman–Crippen MR) is 183 cm³/mol. The van der Waals surface area contributed by atoms with E-state index in [0.29, 0.717) is 6.42 Å². The fourth-order valence-electron chi connectivity index (χ4n) is 5.33. The van der Waals surface area contributed by atoms with Crippen LogP contribution in [0, 0.1) is 0 Å². The van der Waals surface area contributed by atoms with Crippen LogP contribution in [0.5, 0.6) is 11.8 Å². The first kappa shape index (κ1) is 31.7. The molecule has 0 radical (unpaired) electrons. The molecule has 1 aliphatic rings. The normalized spacial score (nSPS) is 12.1. The molecule has 2 N–H and O–H groups in total. The maximum Gasteiger partial charge on any atom is 0.333 e. The fourth-order valence-corrected chi connectivity index (χ4v) is 7.96. The number of nitrogens with zero attached hydrogens (tertiary/aromatic N) is 2. The van der Waals surface area contributed by atoms with Gasteiger partial charge in [0, 0.05) is 57.4 Å². The van der Waals surface area contributed by atoms with Crippen LogP contribution in [0.1, 0.15) is 68.6 Å². The quantitative estimate of drug-likeness (QED) is 0.127. The van der Waals surface area contributed by atoms with Crippen LogP contribution in [-0.2, 0) is 11.3 Å². The number of aromatic hydroxyl groups is 2. The molecule has 44 heavy (non-hydrogen) atoms. The third-order valence-corrected chi connectivity index (χ3v) is 10.2. The minimum Gasteiger partial charge on any atom is -0.492 e. The van der Waals surface area contributed by atoms with Crippen molar-refractivity contribution in [2.24, 2.45) is 0 Å². The molecule has 8 heteroatoms. The molecule has 1 aliphatic heterocycles. The monoisotopic (exact) mass is 628 g/mol. The van der Waals surface area contributed by atoms with E-state index in [1.165, 1.54) is 69.3 Å². The van der Waals surface area contributed by atoms with Crippen LogP contribution in [0.2, 0.25) is 0 Å². The molecule has 0 atom stereocenters. The molecule has 6 nitrogen and oxygen atoms in total. The van der Waals surface area contributed by atoms with Crippen molar-refractivity contribution >= 4 is 46.4 Å². The number of thioether (sulfide) groups is 2. The molecular formula is C36H40N2O4S2. The Bertz CT molecular complexity index is 1500. The van der Waals surface area contributed by atoms with Crippen molar-refractivity contribution in [1.29, 1.82) is 0 Å². The molecule has 0 bridgehead atoms. The number of benzene rings is 3. The number of carbonyl (C=O) groups excluding carboxylic acids is 1. The first-order valence-corrected chi connectivity index (χ1v) is 17.3. The highest BCUT2D eigenvalue weighted by atomic mass is 32.2. The molecule has 2 heterocycles. The van der Waals surface area contributed by atoms with Gasteiger partial charge in [0.1, 0.15) is 0 Å². The Hall–Kier alpha value is -3.75. The number of carbonyl (C=O) groups is 1. The first-order valence-electron chi connectivity index (χ1n) is 15.4. The zero-order valence-electron chi connectivity index (χ0n) is 25.2. The van der Waals surface area contributed by atoms with Gasteiger partial charge >= 0.3 is 5.97 Å². The maximum absolute atomic E-state index is 12.2. The lowest BCUT2D eigenvalue weighted by Gasteiger charge is -2.35.